The van der Waals surface area contributed by atoms with Crippen LogP contribution < -0.4 is 0 Å². The van der Waals surface area contributed by atoms with Crippen molar-refractivity contribution in [1.82, 2.24) is 14.4 Å². The Morgan fingerprint density at radius 2 is 2.10 bits per heavy atom. The van der Waals surface area contributed by atoms with E-state index in [1.807, 2.05) is 13.8 Å². The Kier molecular flexibility index (Phi) is 6.59. The van der Waals surface area contributed by atoms with Crippen LogP contribution in [0.25, 0.3) is 12.2 Å². The van der Waals surface area contributed by atoms with E-state index < -0.39 is 10.0 Å². The molecule has 0 radical (unpaired) electrons. The highest BCUT2D eigenvalue weighted by molar-refractivity contribution is 7.89. The third-order valence-corrected chi connectivity index (χ3v) is 7.21. The zero-order valence-corrected chi connectivity index (χ0v) is 17.8. The van der Waals surface area contributed by atoms with E-state index in [9.17, 15) is 13.2 Å². The highest BCUT2D eigenvalue weighted by atomic mass is 32.2. The van der Waals surface area contributed by atoms with Crippen molar-refractivity contribution in [2.24, 2.45) is 5.92 Å². The lowest BCUT2D eigenvalue weighted by molar-refractivity contribution is -0.136. The second-order valence-electron chi connectivity index (χ2n) is 7.02. The van der Waals surface area contributed by atoms with Crippen LogP contribution in [0, 0.1) is 12.8 Å². The maximum atomic E-state index is 13.4. The number of furan rings is 1. The van der Waals surface area contributed by atoms with Gasteiger partial charge in [-0.2, -0.15) is 4.31 Å². The van der Waals surface area contributed by atoms with Gasteiger partial charge < -0.3 is 13.8 Å². The fourth-order valence-corrected chi connectivity index (χ4v) is 5.40. The summed E-state index contributed by atoms with van der Waals surface area (Å²) in [6, 6.07) is 3.49. The quantitative estimate of drug-likeness (QED) is 0.682. The van der Waals surface area contributed by atoms with E-state index in [0.717, 1.165) is 0 Å². The lowest BCUT2D eigenvalue weighted by atomic mass is 9.98. The number of piperidine rings is 1. The van der Waals surface area contributed by atoms with Crippen LogP contribution in [0.3, 0.4) is 0 Å². The summed E-state index contributed by atoms with van der Waals surface area (Å²) in [6.45, 7) is 7.23. The molecule has 1 fully saturated rings. The minimum atomic E-state index is -3.85. The van der Waals surface area contributed by atoms with Crippen LogP contribution >= 0.6 is 0 Å². The molecule has 1 atom stereocenters. The van der Waals surface area contributed by atoms with Crippen LogP contribution in [-0.4, -0.2) is 54.9 Å². The molecule has 0 N–H and O–H groups in total. The summed E-state index contributed by atoms with van der Waals surface area (Å²) in [5.74, 6) is 0.400. The monoisotopic (exact) mass is 421 g/mol. The van der Waals surface area contributed by atoms with E-state index in [4.69, 9.17) is 8.94 Å². The number of aryl methyl sites for hydroxylation is 1. The first-order chi connectivity index (χ1) is 13.9. The maximum absolute atomic E-state index is 13.4. The molecule has 0 spiro atoms. The molecular weight excluding hydrogens is 394 g/mol. The molecule has 1 amide bonds. The average Bonchev–Trinajstić information content (AvgIpc) is 3.37. The molecule has 0 aromatic carbocycles. The van der Waals surface area contributed by atoms with Crippen LogP contribution in [0.2, 0.25) is 0 Å². The standard InChI is InChI=1S/C20H27N3O5S/c1-4-22(5-2)20(24)16-8-6-12-23(14-16)29(25,26)19-15(3)21-28-18(19)11-10-17-9-7-13-27-17/h7,9-11,13,16H,4-6,8,12,14H2,1-3H3/b11-10+/t16-/m0/s1. The van der Waals surface area contributed by atoms with Gasteiger partial charge in [-0.3, -0.25) is 4.79 Å². The Morgan fingerprint density at radius 1 is 1.34 bits per heavy atom. The predicted octanol–water partition coefficient (Wildman–Crippen LogP) is 3.02. The number of amides is 1. The van der Waals surface area contributed by atoms with E-state index in [1.54, 1.807) is 30.0 Å². The Hall–Kier alpha value is -2.39. The first-order valence-corrected chi connectivity index (χ1v) is 11.3. The molecule has 158 valence electrons. The van der Waals surface area contributed by atoms with Crippen LogP contribution in [0.15, 0.2) is 32.2 Å². The van der Waals surface area contributed by atoms with Gasteiger partial charge in [0.1, 0.15) is 11.5 Å². The van der Waals surface area contributed by atoms with Gasteiger partial charge in [-0.05, 0) is 57.9 Å². The van der Waals surface area contributed by atoms with Gasteiger partial charge in [0.25, 0.3) is 0 Å². The first kappa shape index (κ1) is 21.3. The molecule has 9 heteroatoms. The lowest BCUT2D eigenvalue weighted by Crippen LogP contribution is -2.46. The van der Waals surface area contributed by atoms with Crippen LogP contribution in [0.5, 0.6) is 0 Å². The molecule has 8 nitrogen and oxygen atoms in total. The molecule has 29 heavy (non-hydrogen) atoms. The highest BCUT2D eigenvalue weighted by Crippen LogP contribution is 2.29. The van der Waals surface area contributed by atoms with Gasteiger partial charge in [-0.25, -0.2) is 8.42 Å². The topological polar surface area (TPSA) is 96.9 Å². The number of carbonyl (C=O) groups is 1. The summed E-state index contributed by atoms with van der Waals surface area (Å²) in [5, 5.41) is 3.85. The molecule has 2 aromatic rings. The number of sulfonamides is 1. The van der Waals surface area contributed by atoms with Crippen molar-refractivity contribution < 1.29 is 22.2 Å². The number of hydrogen-bond donors (Lipinski definition) is 0. The molecule has 1 aliphatic heterocycles. The Labute approximate surface area is 171 Å². The fourth-order valence-electron chi connectivity index (χ4n) is 3.63. The Bertz CT molecular complexity index is 958. The zero-order valence-electron chi connectivity index (χ0n) is 17.0. The summed E-state index contributed by atoms with van der Waals surface area (Å²) >= 11 is 0. The molecule has 0 saturated carbocycles. The lowest BCUT2D eigenvalue weighted by Gasteiger charge is -2.33. The van der Waals surface area contributed by atoms with Crippen molar-refractivity contribution in [3.63, 3.8) is 0 Å². The van der Waals surface area contributed by atoms with Gasteiger partial charge in [-0.1, -0.05) is 5.16 Å². The predicted molar refractivity (Wildman–Crippen MR) is 108 cm³/mol. The number of rotatable bonds is 7. The molecule has 0 unspecified atom stereocenters. The van der Waals surface area contributed by atoms with Gasteiger partial charge in [0.2, 0.25) is 15.9 Å². The van der Waals surface area contributed by atoms with Crippen molar-refractivity contribution in [2.45, 2.75) is 38.5 Å². The summed E-state index contributed by atoms with van der Waals surface area (Å²) in [6.07, 6.45) is 6.02. The van der Waals surface area contributed by atoms with E-state index in [0.29, 0.717) is 43.9 Å². The van der Waals surface area contributed by atoms with Gasteiger partial charge in [0, 0.05) is 26.2 Å². The van der Waals surface area contributed by atoms with Gasteiger partial charge in [0.15, 0.2) is 10.7 Å². The summed E-state index contributed by atoms with van der Waals surface area (Å²) < 4.78 is 38.6. The van der Waals surface area contributed by atoms with Crippen LogP contribution in [-0.2, 0) is 14.8 Å². The van der Waals surface area contributed by atoms with Crippen molar-refractivity contribution in [1.29, 1.82) is 0 Å². The second-order valence-corrected chi connectivity index (χ2v) is 8.90. The summed E-state index contributed by atoms with van der Waals surface area (Å²) in [7, 11) is -3.85. The molecule has 3 heterocycles. The first-order valence-electron chi connectivity index (χ1n) is 9.85. The average molecular weight is 422 g/mol. The van der Waals surface area contributed by atoms with Gasteiger partial charge >= 0.3 is 0 Å². The number of aromatic nitrogens is 1. The largest absolute Gasteiger partial charge is 0.465 e. The molecule has 3 rings (SSSR count). The molecule has 2 aromatic heterocycles. The highest BCUT2D eigenvalue weighted by Gasteiger charge is 2.37. The van der Waals surface area contributed by atoms with E-state index >= 15 is 0 Å². The second kappa shape index (κ2) is 8.96. The minimum Gasteiger partial charge on any atom is -0.465 e. The third-order valence-electron chi connectivity index (χ3n) is 5.18. The Morgan fingerprint density at radius 3 is 2.76 bits per heavy atom. The molecule has 0 bridgehead atoms. The molecule has 1 aliphatic rings. The Balaban J connectivity index is 1.85. The molecular formula is C20H27N3O5S. The van der Waals surface area contributed by atoms with Crippen LogP contribution in [0.4, 0.5) is 0 Å². The summed E-state index contributed by atoms with van der Waals surface area (Å²) in [4.78, 5) is 14.5. The smallest absolute Gasteiger partial charge is 0.248 e. The number of hydrogen-bond acceptors (Lipinski definition) is 6. The van der Waals surface area contributed by atoms with Gasteiger partial charge in [0.05, 0.1) is 12.2 Å². The van der Waals surface area contributed by atoms with Crippen molar-refractivity contribution >= 4 is 28.1 Å². The SMILES string of the molecule is CCN(CC)C(=O)[C@H]1CCCN(S(=O)(=O)c2c(C)noc2/C=C/c2ccco2)C1. The normalized spacial score (nSPS) is 18.4. The maximum Gasteiger partial charge on any atom is 0.248 e. The third kappa shape index (κ3) is 4.45. The number of carbonyl (C=O) groups excluding carboxylic acids is 1. The fraction of sp³-hybridized carbons (Fsp3) is 0.500. The van der Waals surface area contributed by atoms with E-state index in [-0.39, 0.29) is 29.0 Å². The van der Waals surface area contributed by atoms with Gasteiger partial charge in [-0.15, -0.1) is 0 Å². The van der Waals surface area contributed by atoms with Crippen LogP contribution in [0.1, 0.15) is 43.9 Å². The van der Waals surface area contributed by atoms with Crippen molar-refractivity contribution in [2.75, 3.05) is 26.2 Å². The van der Waals surface area contributed by atoms with E-state index in [2.05, 4.69) is 5.16 Å². The summed E-state index contributed by atoms with van der Waals surface area (Å²) in [5.41, 5.74) is 0.293. The molecule has 0 aliphatic carbocycles. The van der Waals surface area contributed by atoms with Crippen molar-refractivity contribution in [3.05, 3.63) is 35.6 Å². The zero-order chi connectivity index (χ0) is 21.0. The van der Waals surface area contributed by atoms with E-state index in [1.165, 1.54) is 16.6 Å². The molecule has 1 saturated heterocycles. The minimum absolute atomic E-state index is 0.00915. The van der Waals surface area contributed by atoms with Crippen molar-refractivity contribution in [3.8, 4) is 0 Å². The number of nitrogens with zero attached hydrogens (tertiary/aromatic N) is 3.